The number of para-hydroxylation sites is 1. The first kappa shape index (κ1) is 14.5. The third-order valence-corrected chi connectivity index (χ3v) is 2.32. The van der Waals surface area contributed by atoms with Crippen LogP contribution >= 0.6 is 0 Å². The molecule has 98 valence electrons. The molecule has 0 fully saturated rings. The predicted molar refractivity (Wildman–Crippen MR) is 71.4 cm³/mol. The highest BCUT2D eigenvalue weighted by Gasteiger charge is 2.16. The summed E-state index contributed by atoms with van der Waals surface area (Å²) in [5, 5.41) is 0. The van der Waals surface area contributed by atoms with Crippen molar-refractivity contribution in [3.63, 3.8) is 0 Å². The molecule has 0 amide bonds. The lowest BCUT2D eigenvalue weighted by Gasteiger charge is -2.06. The van der Waals surface area contributed by atoms with Gasteiger partial charge in [-0.25, -0.2) is 4.79 Å². The fourth-order valence-corrected chi connectivity index (χ4v) is 1.43. The van der Waals surface area contributed by atoms with Crippen molar-refractivity contribution >= 4 is 17.8 Å². The fraction of sp³-hybridized carbons (Fsp3) is 0.200. The molecule has 0 aliphatic carbocycles. The molecule has 4 heteroatoms. The highest BCUT2D eigenvalue weighted by atomic mass is 16.5. The minimum absolute atomic E-state index is 0.0697. The number of Topliss-reactive ketones (excluding diaryl/α,β-unsaturated/α-hetero) is 1. The van der Waals surface area contributed by atoms with Crippen molar-refractivity contribution in [2.45, 2.75) is 6.92 Å². The van der Waals surface area contributed by atoms with Gasteiger partial charge in [0.05, 0.1) is 7.11 Å². The smallest absolute Gasteiger partial charge is 0.342 e. The van der Waals surface area contributed by atoms with Crippen LogP contribution in [0.4, 0.5) is 0 Å². The molecular formula is C15H14O4. The Hall–Kier alpha value is -2.54. The molecule has 0 aliphatic heterocycles. The molecule has 0 N–H and O–H groups in total. The van der Waals surface area contributed by atoms with E-state index < -0.39 is 11.8 Å². The monoisotopic (exact) mass is 258 g/mol. The minimum atomic E-state index is -0.739. The van der Waals surface area contributed by atoms with Gasteiger partial charge >= 0.3 is 5.97 Å². The number of hydrogen-bond donors (Lipinski definition) is 0. The van der Waals surface area contributed by atoms with Gasteiger partial charge in [-0.2, -0.15) is 0 Å². The number of methoxy groups -OCH3 is 1. The van der Waals surface area contributed by atoms with Gasteiger partial charge in [0.25, 0.3) is 0 Å². The van der Waals surface area contributed by atoms with Crippen LogP contribution in [0.3, 0.4) is 0 Å². The van der Waals surface area contributed by atoms with Crippen molar-refractivity contribution in [1.29, 1.82) is 0 Å². The van der Waals surface area contributed by atoms with Crippen LogP contribution in [0.15, 0.2) is 29.8 Å². The zero-order chi connectivity index (χ0) is 14.3. The van der Waals surface area contributed by atoms with Gasteiger partial charge in [0.1, 0.15) is 11.3 Å². The summed E-state index contributed by atoms with van der Waals surface area (Å²) in [5.74, 6) is 1.60. The number of ketones is 1. The first-order chi connectivity index (χ1) is 9.10. The molecule has 0 bridgehead atoms. The van der Waals surface area contributed by atoms with Crippen LogP contribution in [0.2, 0.25) is 0 Å². The third kappa shape index (κ3) is 4.00. The average molecular weight is 258 g/mol. The zero-order valence-electron chi connectivity index (χ0n) is 10.8. The van der Waals surface area contributed by atoms with E-state index in [-0.39, 0.29) is 12.2 Å². The normalized spacial score (nSPS) is 10.5. The van der Waals surface area contributed by atoms with E-state index in [1.165, 1.54) is 20.1 Å². The second-order valence-electron chi connectivity index (χ2n) is 3.64. The van der Waals surface area contributed by atoms with Crippen molar-refractivity contribution < 1.29 is 19.1 Å². The van der Waals surface area contributed by atoms with Crippen LogP contribution in [-0.4, -0.2) is 25.5 Å². The second kappa shape index (κ2) is 7.02. The molecule has 19 heavy (non-hydrogen) atoms. The summed E-state index contributed by atoms with van der Waals surface area (Å²) in [6.45, 7) is 1.12. The van der Waals surface area contributed by atoms with Gasteiger partial charge in [0.15, 0.2) is 12.4 Å². The summed E-state index contributed by atoms with van der Waals surface area (Å²) < 4.78 is 9.90. The molecule has 4 nitrogen and oxygen atoms in total. The molecule has 0 atom stereocenters. The van der Waals surface area contributed by atoms with Crippen molar-refractivity contribution in [2.24, 2.45) is 0 Å². The Labute approximate surface area is 112 Å². The van der Waals surface area contributed by atoms with Gasteiger partial charge in [-0.05, 0) is 19.1 Å². The summed E-state index contributed by atoms with van der Waals surface area (Å²) in [4.78, 5) is 23.2. The third-order valence-electron chi connectivity index (χ3n) is 2.32. The Bertz CT molecular complexity index is 550. The van der Waals surface area contributed by atoms with Crippen molar-refractivity contribution in [3.8, 4) is 18.1 Å². The minimum Gasteiger partial charge on any atom is -0.496 e. The quantitative estimate of drug-likeness (QED) is 0.266. The van der Waals surface area contributed by atoms with E-state index >= 15 is 0 Å². The van der Waals surface area contributed by atoms with E-state index in [1.54, 1.807) is 24.3 Å². The molecule has 0 radical (unpaired) electrons. The number of carbonyl (C=O) groups is 2. The first-order valence-corrected chi connectivity index (χ1v) is 5.56. The standard InChI is InChI=1S/C15H14O4/c1-4-9-19-15(17)13(11(2)16)10-12-7-5-6-8-14(12)18-3/h1,5-8,10H,9H2,2-3H3/b13-10-. The fourth-order valence-electron chi connectivity index (χ4n) is 1.43. The summed E-state index contributed by atoms with van der Waals surface area (Å²) in [7, 11) is 1.51. The van der Waals surface area contributed by atoms with Crippen LogP contribution < -0.4 is 4.74 Å². The number of hydrogen-bond acceptors (Lipinski definition) is 4. The summed E-state index contributed by atoms with van der Waals surface area (Å²) in [6.07, 6.45) is 6.43. The molecule has 1 aromatic carbocycles. The van der Waals surface area contributed by atoms with Crippen molar-refractivity contribution in [1.82, 2.24) is 0 Å². The molecular weight excluding hydrogens is 244 g/mol. The SMILES string of the molecule is C#CCOC(=O)/C(=C\c1ccccc1OC)C(C)=O. The maximum absolute atomic E-state index is 11.7. The average Bonchev–Trinajstić information content (AvgIpc) is 2.42. The van der Waals surface area contributed by atoms with Gasteiger partial charge in [-0.15, -0.1) is 6.42 Å². The molecule has 0 saturated carbocycles. The van der Waals surface area contributed by atoms with Crippen LogP contribution in [-0.2, 0) is 14.3 Å². The van der Waals surface area contributed by atoms with Crippen LogP contribution in [0.1, 0.15) is 12.5 Å². The maximum atomic E-state index is 11.7. The van der Waals surface area contributed by atoms with Gasteiger partial charge in [-0.1, -0.05) is 24.1 Å². The summed E-state index contributed by atoms with van der Waals surface area (Å²) >= 11 is 0. The number of esters is 1. The maximum Gasteiger partial charge on any atom is 0.342 e. The Morgan fingerprint density at radius 1 is 1.37 bits per heavy atom. The van der Waals surface area contributed by atoms with Crippen LogP contribution in [0.5, 0.6) is 5.75 Å². The summed E-state index contributed by atoms with van der Waals surface area (Å²) in [5.41, 5.74) is 0.549. The van der Waals surface area contributed by atoms with E-state index in [0.29, 0.717) is 11.3 Å². The van der Waals surface area contributed by atoms with Crippen LogP contribution in [0, 0.1) is 12.3 Å². The number of carbonyl (C=O) groups excluding carboxylic acids is 2. The number of benzene rings is 1. The Balaban J connectivity index is 3.12. The molecule has 0 saturated heterocycles. The lowest BCUT2D eigenvalue weighted by atomic mass is 10.1. The lowest BCUT2D eigenvalue weighted by Crippen LogP contribution is -2.13. The van der Waals surface area contributed by atoms with Crippen molar-refractivity contribution in [3.05, 3.63) is 35.4 Å². The number of rotatable bonds is 5. The number of terminal acetylenes is 1. The molecule has 0 unspecified atom stereocenters. The molecule has 1 aromatic rings. The number of ether oxygens (including phenoxy) is 2. The Morgan fingerprint density at radius 2 is 2.05 bits per heavy atom. The largest absolute Gasteiger partial charge is 0.496 e. The van der Waals surface area contributed by atoms with Crippen LogP contribution in [0.25, 0.3) is 6.08 Å². The molecule has 0 aliphatic rings. The molecule has 0 heterocycles. The lowest BCUT2D eigenvalue weighted by molar-refractivity contribution is -0.138. The topological polar surface area (TPSA) is 52.6 Å². The highest BCUT2D eigenvalue weighted by molar-refractivity contribution is 6.19. The van der Waals surface area contributed by atoms with Crippen molar-refractivity contribution in [2.75, 3.05) is 13.7 Å². The van der Waals surface area contributed by atoms with E-state index in [4.69, 9.17) is 15.9 Å². The first-order valence-electron chi connectivity index (χ1n) is 5.56. The van der Waals surface area contributed by atoms with E-state index in [0.717, 1.165) is 0 Å². The zero-order valence-corrected chi connectivity index (χ0v) is 10.8. The predicted octanol–water partition coefficient (Wildman–Crippen LogP) is 1.84. The Morgan fingerprint density at radius 3 is 2.63 bits per heavy atom. The Kier molecular flexibility index (Phi) is 5.36. The molecule has 1 rings (SSSR count). The highest BCUT2D eigenvalue weighted by Crippen LogP contribution is 2.21. The van der Waals surface area contributed by atoms with Gasteiger partial charge in [-0.3, -0.25) is 4.79 Å². The van der Waals surface area contributed by atoms with Gasteiger partial charge < -0.3 is 9.47 Å². The van der Waals surface area contributed by atoms with E-state index in [2.05, 4.69) is 5.92 Å². The van der Waals surface area contributed by atoms with E-state index in [1.807, 2.05) is 0 Å². The van der Waals surface area contributed by atoms with Gasteiger partial charge in [0.2, 0.25) is 0 Å². The second-order valence-corrected chi connectivity index (χ2v) is 3.64. The summed E-state index contributed by atoms with van der Waals surface area (Å²) in [6, 6.07) is 7.03. The molecule has 0 aromatic heterocycles. The van der Waals surface area contributed by atoms with Gasteiger partial charge in [0, 0.05) is 5.56 Å². The molecule has 0 spiro atoms. The van der Waals surface area contributed by atoms with E-state index in [9.17, 15) is 9.59 Å².